The van der Waals surface area contributed by atoms with Crippen LogP contribution in [0.3, 0.4) is 0 Å². The Kier molecular flexibility index (Phi) is 5.93. The van der Waals surface area contributed by atoms with Crippen LogP contribution in [0.2, 0.25) is 0 Å². The van der Waals surface area contributed by atoms with Crippen LogP contribution in [0.1, 0.15) is 58.8 Å². The minimum atomic E-state index is -0.196. The molecule has 0 aromatic heterocycles. The first-order chi connectivity index (χ1) is 8.59. The van der Waals surface area contributed by atoms with Crippen molar-refractivity contribution < 1.29 is 4.79 Å². The van der Waals surface area contributed by atoms with Gasteiger partial charge < -0.3 is 16.0 Å². The SMILES string of the molecule is CCC(CC)(CN)N(C)C(=O)NC1CCCCC1. The average Bonchev–Trinajstić information content (AvgIpc) is 2.42. The minimum Gasteiger partial charge on any atom is -0.335 e. The highest BCUT2D eigenvalue weighted by Gasteiger charge is 2.33. The summed E-state index contributed by atoms with van der Waals surface area (Å²) in [5.74, 6) is 0. The number of hydrogen-bond acceptors (Lipinski definition) is 2. The number of carbonyl (C=O) groups excluding carboxylic acids is 1. The van der Waals surface area contributed by atoms with Crippen LogP contribution in [0.4, 0.5) is 4.79 Å². The minimum absolute atomic E-state index is 0.0380. The van der Waals surface area contributed by atoms with Crippen LogP contribution in [-0.2, 0) is 0 Å². The molecule has 0 aliphatic heterocycles. The van der Waals surface area contributed by atoms with E-state index in [1.54, 1.807) is 0 Å². The third kappa shape index (κ3) is 3.37. The summed E-state index contributed by atoms with van der Waals surface area (Å²) >= 11 is 0. The van der Waals surface area contributed by atoms with Crippen molar-refractivity contribution in [2.45, 2.75) is 70.4 Å². The normalized spacial score (nSPS) is 17.6. The van der Waals surface area contributed by atoms with E-state index in [4.69, 9.17) is 5.73 Å². The molecule has 1 aliphatic carbocycles. The summed E-state index contributed by atoms with van der Waals surface area (Å²) < 4.78 is 0. The van der Waals surface area contributed by atoms with Gasteiger partial charge in [0.1, 0.15) is 0 Å². The Bertz CT molecular complexity index is 250. The molecular weight excluding hydrogens is 226 g/mol. The maximum absolute atomic E-state index is 12.3. The summed E-state index contributed by atoms with van der Waals surface area (Å²) in [6, 6.07) is 0.397. The number of urea groups is 1. The molecule has 1 rings (SSSR count). The van der Waals surface area contributed by atoms with Gasteiger partial charge in [0.15, 0.2) is 0 Å². The second kappa shape index (κ2) is 6.98. The quantitative estimate of drug-likeness (QED) is 0.793. The van der Waals surface area contributed by atoms with E-state index in [0.29, 0.717) is 12.6 Å². The molecule has 4 nitrogen and oxygen atoms in total. The Morgan fingerprint density at radius 2 is 1.83 bits per heavy atom. The van der Waals surface area contributed by atoms with Gasteiger partial charge in [-0.1, -0.05) is 33.1 Å². The van der Waals surface area contributed by atoms with Crippen molar-refractivity contribution in [2.75, 3.05) is 13.6 Å². The van der Waals surface area contributed by atoms with Gasteiger partial charge in [-0.15, -0.1) is 0 Å². The highest BCUT2D eigenvalue weighted by Crippen LogP contribution is 2.22. The lowest BCUT2D eigenvalue weighted by molar-refractivity contribution is 0.126. The molecule has 0 unspecified atom stereocenters. The van der Waals surface area contributed by atoms with Gasteiger partial charge in [0.2, 0.25) is 0 Å². The zero-order chi connectivity index (χ0) is 13.6. The predicted molar refractivity (Wildman–Crippen MR) is 75.5 cm³/mol. The van der Waals surface area contributed by atoms with Crippen molar-refractivity contribution in [3.05, 3.63) is 0 Å². The van der Waals surface area contributed by atoms with Gasteiger partial charge in [-0.25, -0.2) is 4.79 Å². The molecule has 0 spiro atoms. The summed E-state index contributed by atoms with van der Waals surface area (Å²) in [5.41, 5.74) is 5.68. The lowest BCUT2D eigenvalue weighted by Gasteiger charge is -2.40. The molecule has 1 aliphatic rings. The third-order valence-electron chi connectivity index (χ3n) is 4.65. The van der Waals surface area contributed by atoms with Crippen molar-refractivity contribution in [3.8, 4) is 0 Å². The van der Waals surface area contributed by atoms with E-state index >= 15 is 0 Å². The number of carbonyl (C=O) groups is 1. The molecule has 0 radical (unpaired) electrons. The maximum Gasteiger partial charge on any atom is 0.317 e. The number of likely N-dealkylation sites (N-methyl/N-ethyl adjacent to an activating group) is 1. The first-order valence-electron chi connectivity index (χ1n) is 7.34. The zero-order valence-corrected chi connectivity index (χ0v) is 12.2. The maximum atomic E-state index is 12.3. The van der Waals surface area contributed by atoms with Crippen molar-refractivity contribution in [1.82, 2.24) is 10.2 Å². The number of nitrogens with zero attached hydrogens (tertiary/aromatic N) is 1. The van der Waals surface area contributed by atoms with E-state index in [-0.39, 0.29) is 11.6 Å². The largest absolute Gasteiger partial charge is 0.335 e. The second-order valence-electron chi connectivity index (χ2n) is 5.48. The Balaban J connectivity index is 2.58. The lowest BCUT2D eigenvalue weighted by atomic mass is 9.91. The Hall–Kier alpha value is -0.770. The van der Waals surface area contributed by atoms with Crippen LogP contribution in [0, 0.1) is 0 Å². The van der Waals surface area contributed by atoms with Crippen LogP contribution < -0.4 is 11.1 Å². The van der Waals surface area contributed by atoms with E-state index in [1.165, 1.54) is 19.3 Å². The van der Waals surface area contributed by atoms with Gasteiger partial charge in [-0.3, -0.25) is 0 Å². The highest BCUT2D eigenvalue weighted by molar-refractivity contribution is 5.75. The number of rotatable bonds is 5. The second-order valence-corrected chi connectivity index (χ2v) is 5.48. The average molecular weight is 255 g/mol. The van der Waals surface area contributed by atoms with E-state index in [9.17, 15) is 4.79 Å². The molecule has 0 aromatic rings. The predicted octanol–water partition coefficient (Wildman–Crippen LogP) is 2.48. The molecule has 4 heteroatoms. The monoisotopic (exact) mass is 255 g/mol. The molecule has 0 saturated heterocycles. The number of amides is 2. The molecule has 18 heavy (non-hydrogen) atoms. The third-order valence-corrected chi connectivity index (χ3v) is 4.65. The zero-order valence-electron chi connectivity index (χ0n) is 12.2. The van der Waals surface area contributed by atoms with E-state index in [2.05, 4.69) is 19.2 Å². The summed E-state index contributed by atoms with van der Waals surface area (Å²) in [7, 11) is 1.87. The van der Waals surface area contributed by atoms with Crippen molar-refractivity contribution in [2.24, 2.45) is 5.73 Å². The smallest absolute Gasteiger partial charge is 0.317 e. The lowest BCUT2D eigenvalue weighted by Crippen LogP contribution is -2.57. The molecule has 1 saturated carbocycles. The highest BCUT2D eigenvalue weighted by atomic mass is 16.2. The van der Waals surface area contributed by atoms with Crippen LogP contribution >= 0.6 is 0 Å². The van der Waals surface area contributed by atoms with Gasteiger partial charge in [0, 0.05) is 19.6 Å². The Labute approximate surface area is 111 Å². The molecule has 1 fully saturated rings. The van der Waals surface area contributed by atoms with Gasteiger partial charge in [0.25, 0.3) is 0 Å². The van der Waals surface area contributed by atoms with E-state index in [1.807, 2.05) is 11.9 Å². The van der Waals surface area contributed by atoms with Crippen LogP contribution in [0.25, 0.3) is 0 Å². The summed E-state index contributed by atoms with van der Waals surface area (Å²) in [6.45, 7) is 4.72. The van der Waals surface area contributed by atoms with Gasteiger partial charge in [-0.05, 0) is 25.7 Å². The molecule has 3 N–H and O–H groups in total. The Morgan fingerprint density at radius 1 is 1.28 bits per heavy atom. The van der Waals surface area contributed by atoms with Gasteiger partial charge >= 0.3 is 6.03 Å². The topological polar surface area (TPSA) is 58.4 Å². The number of hydrogen-bond donors (Lipinski definition) is 2. The summed E-state index contributed by atoms with van der Waals surface area (Å²) in [6.07, 6.45) is 7.81. The van der Waals surface area contributed by atoms with Crippen LogP contribution in [0.5, 0.6) is 0 Å². The van der Waals surface area contributed by atoms with Crippen molar-refractivity contribution >= 4 is 6.03 Å². The fraction of sp³-hybridized carbons (Fsp3) is 0.929. The van der Waals surface area contributed by atoms with E-state index in [0.717, 1.165) is 25.7 Å². The van der Waals surface area contributed by atoms with Crippen LogP contribution in [-0.4, -0.2) is 36.1 Å². The number of nitrogens with two attached hydrogens (primary N) is 1. The van der Waals surface area contributed by atoms with Gasteiger partial charge in [-0.2, -0.15) is 0 Å². The molecular formula is C14H29N3O. The van der Waals surface area contributed by atoms with Crippen LogP contribution in [0.15, 0.2) is 0 Å². The van der Waals surface area contributed by atoms with Gasteiger partial charge in [0.05, 0.1) is 5.54 Å². The van der Waals surface area contributed by atoms with Crippen molar-refractivity contribution in [1.29, 1.82) is 0 Å². The summed E-state index contributed by atoms with van der Waals surface area (Å²) in [5, 5.41) is 3.16. The molecule has 2 amide bonds. The standard InChI is InChI=1S/C14H29N3O/c1-4-14(5-2,11-15)17(3)13(18)16-12-9-7-6-8-10-12/h12H,4-11,15H2,1-3H3,(H,16,18). The molecule has 0 atom stereocenters. The number of nitrogens with one attached hydrogen (secondary N) is 1. The molecule has 0 heterocycles. The van der Waals surface area contributed by atoms with E-state index < -0.39 is 0 Å². The fourth-order valence-electron chi connectivity index (χ4n) is 2.88. The summed E-state index contributed by atoms with van der Waals surface area (Å²) in [4.78, 5) is 14.1. The van der Waals surface area contributed by atoms with Crippen molar-refractivity contribution in [3.63, 3.8) is 0 Å². The first-order valence-corrected chi connectivity index (χ1v) is 7.34. The molecule has 0 aromatic carbocycles. The Morgan fingerprint density at radius 3 is 2.28 bits per heavy atom. The first kappa shape index (κ1) is 15.3. The molecule has 0 bridgehead atoms. The molecule has 106 valence electrons. The fourth-order valence-corrected chi connectivity index (χ4v) is 2.88.